The summed E-state index contributed by atoms with van der Waals surface area (Å²) in [5.41, 5.74) is 0.392. The molecule has 0 aliphatic rings. The quantitative estimate of drug-likeness (QED) is 0.363. The number of non-ortho nitro benzene ring substituents is 1. The largest absolute Gasteiger partial charge is 0.337 e. The number of anilines is 2. The summed E-state index contributed by atoms with van der Waals surface area (Å²) in [4.78, 5) is 26.4. The molecule has 0 aliphatic carbocycles. The number of amides is 1. The van der Waals surface area contributed by atoms with Crippen LogP contribution in [0.2, 0.25) is 5.02 Å². The van der Waals surface area contributed by atoms with Gasteiger partial charge in [-0.25, -0.2) is 4.98 Å². The van der Waals surface area contributed by atoms with Gasteiger partial charge in [-0.2, -0.15) is 5.26 Å². The monoisotopic (exact) mass is 363 g/mol. The summed E-state index contributed by atoms with van der Waals surface area (Å²) < 4.78 is 0. The van der Waals surface area contributed by atoms with E-state index in [2.05, 4.69) is 15.6 Å². The third-order valence-corrected chi connectivity index (χ3v) is 3.95. The molecule has 10 heteroatoms. The number of hydrogen-bond donors (Lipinski definition) is 2. The number of nitro benzene ring substituents is 1. The first-order valence-corrected chi connectivity index (χ1v) is 7.70. The zero-order valence-electron chi connectivity index (χ0n) is 12.2. The summed E-state index contributed by atoms with van der Waals surface area (Å²) in [6.45, 7) is 1.81. The first kappa shape index (κ1) is 17.4. The van der Waals surface area contributed by atoms with Crippen LogP contribution in [0, 0.1) is 28.4 Å². The molecule has 1 heterocycles. The Kier molecular flexibility index (Phi) is 5.47. The molecule has 0 atom stereocenters. The third-order valence-electron chi connectivity index (χ3n) is 2.73. The van der Waals surface area contributed by atoms with Gasteiger partial charge in [0.15, 0.2) is 5.13 Å². The van der Waals surface area contributed by atoms with Gasteiger partial charge in [0.05, 0.1) is 21.3 Å². The number of nitriles is 1. The molecule has 0 bridgehead atoms. The Morgan fingerprint density at radius 2 is 2.29 bits per heavy atom. The minimum Gasteiger partial charge on any atom is -0.337 e. The van der Waals surface area contributed by atoms with E-state index < -0.39 is 10.8 Å². The lowest BCUT2D eigenvalue weighted by atomic mass is 10.2. The maximum absolute atomic E-state index is 12.1. The zero-order valence-corrected chi connectivity index (χ0v) is 13.8. The fourth-order valence-electron chi connectivity index (χ4n) is 1.62. The Labute approximate surface area is 145 Å². The molecule has 1 aromatic heterocycles. The molecule has 0 spiro atoms. The summed E-state index contributed by atoms with van der Waals surface area (Å²) in [7, 11) is 0. The molecular weight excluding hydrogens is 354 g/mol. The number of carbonyl (C=O) groups excluding carboxylic acids is 1. The van der Waals surface area contributed by atoms with Crippen LogP contribution in [0.3, 0.4) is 0 Å². The van der Waals surface area contributed by atoms with Crippen LogP contribution in [0.5, 0.6) is 0 Å². The summed E-state index contributed by atoms with van der Waals surface area (Å²) in [5.74, 6) is -0.749. The van der Waals surface area contributed by atoms with Crippen LogP contribution in [0.1, 0.15) is 5.69 Å². The van der Waals surface area contributed by atoms with E-state index in [0.29, 0.717) is 5.13 Å². The van der Waals surface area contributed by atoms with Crippen LogP contribution < -0.4 is 10.6 Å². The minimum absolute atomic E-state index is 0.0436. The number of aryl methyl sites for hydroxylation is 1. The molecule has 2 N–H and O–H groups in total. The molecular formula is C14H10ClN5O3S. The number of rotatable bonds is 5. The number of nitro groups is 1. The van der Waals surface area contributed by atoms with Crippen molar-refractivity contribution in [2.45, 2.75) is 6.92 Å². The summed E-state index contributed by atoms with van der Waals surface area (Å²) >= 11 is 7.23. The van der Waals surface area contributed by atoms with E-state index in [-0.39, 0.29) is 22.0 Å². The van der Waals surface area contributed by atoms with Crippen LogP contribution in [0.15, 0.2) is 35.4 Å². The van der Waals surface area contributed by atoms with Crippen LogP contribution in [-0.2, 0) is 4.79 Å². The first-order valence-electron chi connectivity index (χ1n) is 6.45. The molecule has 2 aromatic rings. The highest BCUT2D eigenvalue weighted by Gasteiger charge is 2.15. The highest BCUT2D eigenvalue weighted by Crippen LogP contribution is 2.27. The van der Waals surface area contributed by atoms with Gasteiger partial charge in [-0.05, 0) is 13.0 Å². The Bertz CT molecular complexity index is 872. The molecule has 8 nitrogen and oxygen atoms in total. The molecule has 0 aliphatic heterocycles. The summed E-state index contributed by atoms with van der Waals surface area (Å²) in [5, 5.41) is 27.4. The topological polar surface area (TPSA) is 121 Å². The summed E-state index contributed by atoms with van der Waals surface area (Å²) in [6, 6.07) is 5.37. The molecule has 0 saturated carbocycles. The number of nitrogens with zero attached hydrogens (tertiary/aromatic N) is 3. The van der Waals surface area contributed by atoms with Crippen LogP contribution in [-0.4, -0.2) is 15.8 Å². The second kappa shape index (κ2) is 7.54. The zero-order chi connectivity index (χ0) is 17.7. The van der Waals surface area contributed by atoms with Gasteiger partial charge in [-0.15, -0.1) is 11.3 Å². The molecule has 0 saturated heterocycles. The van der Waals surface area contributed by atoms with Crippen molar-refractivity contribution in [1.29, 1.82) is 5.26 Å². The third kappa shape index (κ3) is 4.28. The van der Waals surface area contributed by atoms with E-state index in [1.165, 1.54) is 29.7 Å². The average Bonchev–Trinajstić information content (AvgIpc) is 2.95. The van der Waals surface area contributed by atoms with Gasteiger partial charge in [0.2, 0.25) is 0 Å². The molecule has 2 rings (SSSR count). The lowest BCUT2D eigenvalue weighted by Gasteiger charge is -2.06. The molecule has 0 fully saturated rings. The normalized spacial score (nSPS) is 10.8. The van der Waals surface area contributed by atoms with E-state index in [1.54, 1.807) is 6.07 Å². The van der Waals surface area contributed by atoms with E-state index >= 15 is 0 Å². The van der Waals surface area contributed by atoms with Gasteiger partial charge in [0, 0.05) is 23.7 Å². The molecule has 122 valence electrons. The number of aromatic nitrogens is 1. The first-order chi connectivity index (χ1) is 11.4. The van der Waals surface area contributed by atoms with Gasteiger partial charge >= 0.3 is 0 Å². The Morgan fingerprint density at radius 1 is 1.54 bits per heavy atom. The van der Waals surface area contributed by atoms with Crippen LogP contribution >= 0.6 is 22.9 Å². The molecule has 0 unspecified atom stereocenters. The number of carbonyl (C=O) groups is 1. The Morgan fingerprint density at radius 3 is 2.88 bits per heavy atom. The van der Waals surface area contributed by atoms with Gasteiger partial charge in [0.25, 0.3) is 11.6 Å². The van der Waals surface area contributed by atoms with Crippen molar-refractivity contribution >= 4 is 45.4 Å². The van der Waals surface area contributed by atoms with Gasteiger partial charge in [0.1, 0.15) is 11.6 Å². The maximum Gasteiger partial charge on any atom is 0.271 e. The second-order valence-corrected chi connectivity index (χ2v) is 5.75. The fraction of sp³-hybridized carbons (Fsp3) is 0.0714. The maximum atomic E-state index is 12.1. The minimum atomic E-state index is -0.749. The number of thiazole rings is 1. The van der Waals surface area contributed by atoms with Crippen molar-refractivity contribution in [3.05, 3.63) is 56.2 Å². The van der Waals surface area contributed by atoms with Gasteiger partial charge in [-0.3, -0.25) is 14.9 Å². The Hall–Kier alpha value is -2.96. The fourth-order valence-corrected chi connectivity index (χ4v) is 2.44. The highest BCUT2D eigenvalue weighted by molar-refractivity contribution is 7.13. The predicted octanol–water partition coefficient (Wildman–Crippen LogP) is 3.47. The standard InChI is InChI=1S/C14H10ClN5O3S/c1-8-7-24-14(18-8)17-6-9(5-16)13(21)19-12-4-10(20(22)23)2-3-11(12)15/h2-4,6-7H,1H3,(H,17,18)(H,19,21)/b9-6-. The van der Waals surface area contributed by atoms with Crippen molar-refractivity contribution < 1.29 is 9.72 Å². The van der Waals surface area contributed by atoms with Crippen molar-refractivity contribution in [3.63, 3.8) is 0 Å². The van der Waals surface area contributed by atoms with E-state index in [9.17, 15) is 14.9 Å². The number of nitrogens with one attached hydrogen (secondary N) is 2. The number of benzene rings is 1. The van der Waals surface area contributed by atoms with Crippen molar-refractivity contribution in [1.82, 2.24) is 4.98 Å². The lowest BCUT2D eigenvalue weighted by Crippen LogP contribution is -2.15. The SMILES string of the molecule is Cc1csc(N/C=C(/C#N)C(=O)Nc2cc([N+](=O)[O-])ccc2Cl)n1. The lowest BCUT2D eigenvalue weighted by molar-refractivity contribution is -0.384. The molecule has 24 heavy (non-hydrogen) atoms. The van der Waals surface area contributed by atoms with Crippen LogP contribution in [0.4, 0.5) is 16.5 Å². The van der Waals surface area contributed by atoms with Crippen molar-refractivity contribution in [3.8, 4) is 6.07 Å². The summed E-state index contributed by atoms with van der Waals surface area (Å²) in [6.07, 6.45) is 1.21. The predicted molar refractivity (Wildman–Crippen MR) is 90.9 cm³/mol. The van der Waals surface area contributed by atoms with E-state index in [1.807, 2.05) is 12.3 Å². The number of hydrogen-bond acceptors (Lipinski definition) is 7. The van der Waals surface area contributed by atoms with Crippen molar-refractivity contribution in [2.24, 2.45) is 0 Å². The van der Waals surface area contributed by atoms with Crippen LogP contribution in [0.25, 0.3) is 0 Å². The Balaban J connectivity index is 2.16. The number of halogens is 1. The van der Waals surface area contributed by atoms with Crippen molar-refractivity contribution in [2.75, 3.05) is 10.6 Å². The van der Waals surface area contributed by atoms with E-state index in [0.717, 1.165) is 11.8 Å². The molecule has 1 amide bonds. The smallest absolute Gasteiger partial charge is 0.271 e. The molecule has 0 radical (unpaired) electrons. The average molecular weight is 364 g/mol. The van der Waals surface area contributed by atoms with Gasteiger partial charge < -0.3 is 10.6 Å². The van der Waals surface area contributed by atoms with Gasteiger partial charge in [-0.1, -0.05) is 11.6 Å². The van der Waals surface area contributed by atoms with E-state index in [4.69, 9.17) is 16.9 Å². The highest BCUT2D eigenvalue weighted by atomic mass is 35.5. The second-order valence-electron chi connectivity index (χ2n) is 4.48. The molecule has 1 aromatic carbocycles.